The summed E-state index contributed by atoms with van der Waals surface area (Å²) in [5.41, 5.74) is 0.633. The van der Waals surface area contributed by atoms with E-state index in [-0.39, 0.29) is 18.1 Å². The summed E-state index contributed by atoms with van der Waals surface area (Å²) in [6, 6.07) is 6.64. The second-order valence-corrected chi connectivity index (χ2v) is 8.16. The number of hydrogen-bond donors (Lipinski definition) is 3. The van der Waals surface area contributed by atoms with Crippen LogP contribution in [0.1, 0.15) is 24.8 Å². The van der Waals surface area contributed by atoms with Crippen LogP contribution >= 0.6 is 0 Å². The molecule has 0 aliphatic heterocycles. The average Bonchev–Trinajstić information content (AvgIpc) is 2.53. The van der Waals surface area contributed by atoms with Crippen LogP contribution < -0.4 is 15.4 Å². The van der Waals surface area contributed by atoms with Crippen molar-refractivity contribution in [2.45, 2.75) is 25.7 Å². The molecule has 0 spiro atoms. The molecule has 25 heavy (non-hydrogen) atoms. The van der Waals surface area contributed by atoms with Crippen molar-refractivity contribution in [1.29, 1.82) is 0 Å². The highest BCUT2D eigenvalue weighted by atomic mass is 32.2. The maximum atomic E-state index is 13.5. The van der Waals surface area contributed by atoms with Gasteiger partial charge in [0.2, 0.25) is 10.0 Å². The first-order valence-corrected chi connectivity index (χ1v) is 10.3. The number of nitrogens with one attached hydrogen (secondary N) is 3. The summed E-state index contributed by atoms with van der Waals surface area (Å²) in [5.74, 6) is 0.769. The molecule has 0 aromatic heterocycles. The van der Waals surface area contributed by atoms with Gasteiger partial charge in [0.05, 0.1) is 5.75 Å². The standard InChI is InChI=1S/C17H27FN4O2S/c1-19-17(20-10-9-15-7-2-3-8-16(15)18)21-11-12-25(23,24)22-13-14-5-4-6-14/h2-3,7-8,14,22H,4-6,9-13H2,1H3,(H2,19,20,21). The highest BCUT2D eigenvalue weighted by Gasteiger charge is 2.20. The second kappa shape index (κ2) is 9.72. The number of sulfonamides is 1. The molecule has 1 aliphatic carbocycles. The van der Waals surface area contributed by atoms with Crippen molar-refractivity contribution in [2.75, 3.05) is 32.4 Å². The number of guanidine groups is 1. The third-order valence-corrected chi connectivity index (χ3v) is 5.70. The van der Waals surface area contributed by atoms with Gasteiger partial charge in [0.15, 0.2) is 5.96 Å². The van der Waals surface area contributed by atoms with Gasteiger partial charge < -0.3 is 10.6 Å². The molecule has 0 amide bonds. The molecular weight excluding hydrogens is 343 g/mol. The van der Waals surface area contributed by atoms with E-state index in [4.69, 9.17) is 0 Å². The van der Waals surface area contributed by atoms with E-state index >= 15 is 0 Å². The molecule has 0 bridgehead atoms. The van der Waals surface area contributed by atoms with Crippen LogP contribution in [0.25, 0.3) is 0 Å². The fourth-order valence-electron chi connectivity index (χ4n) is 2.56. The molecule has 1 aromatic carbocycles. The van der Waals surface area contributed by atoms with Crippen molar-refractivity contribution in [3.63, 3.8) is 0 Å². The van der Waals surface area contributed by atoms with Gasteiger partial charge in [-0.3, -0.25) is 4.99 Å². The second-order valence-electron chi connectivity index (χ2n) is 6.23. The first kappa shape index (κ1) is 19.7. The maximum absolute atomic E-state index is 13.5. The van der Waals surface area contributed by atoms with Crippen LogP contribution in [-0.4, -0.2) is 46.8 Å². The minimum Gasteiger partial charge on any atom is -0.356 e. The Bertz CT molecular complexity index is 675. The molecule has 0 radical (unpaired) electrons. The number of aliphatic imine (C=N–C) groups is 1. The summed E-state index contributed by atoms with van der Waals surface area (Å²) in [7, 11) is -1.66. The van der Waals surface area contributed by atoms with Crippen LogP contribution in [0.15, 0.2) is 29.3 Å². The van der Waals surface area contributed by atoms with Crippen molar-refractivity contribution in [3.05, 3.63) is 35.6 Å². The highest BCUT2D eigenvalue weighted by Crippen LogP contribution is 2.25. The highest BCUT2D eigenvalue weighted by molar-refractivity contribution is 7.89. The number of rotatable bonds is 9. The van der Waals surface area contributed by atoms with Crippen LogP contribution in [0.3, 0.4) is 0 Å². The quantitative estimate of drug-likeness (QED) is 0.451. The van der Waals surface area contributed by atoms with Gasteiger partial charge in [0.1, 0.15) is 5.82 Å². The molecule has 6 nitrogen and oxygen atoms in total. The van der Waals surface area contributed by atoms with Crippen molar-refractivity contribution in [3.8, 4) is 0 Å². The summed E-state index contributed by atoms with van der Waals surface area (Å²) in [5, 5.41) is 6.02. The average molecular weight is 370 g/mol. The fourth-order valence-corrected chi connectivity index (χ4v) is 3.56. The Morgan fingerprint density at radius 2 is 1.96 bits per heavy atom. The van der Waals surface area contributed by atoms with Gasteiger partial charge in [-0.15, -0.1) is 0 Å². The lowest BCUT2D eigenvalue weighted by molar-refractivity contribution is 0.316. The number of benzene rings is 1. The summed E-state index contributed by atoms with van der Waals surface area (Å²) >= 11 is 0. The van der Waals surface area contributed by atoms with Gasteiger partial charge in [-0.05, 0) is 36.8 Å². The summed E-state index contributed by atoms with van der Waals surface area (Å²) in [6.07, 6.45) is 3.94. The van der Waals surface area contributed by atoms with E-state index in [1.165, 1.54) is 12.5 Å². The predicted octanol–water partition coefficient (Wildman–Crippen LogP) is 1.25. The van der Waals surface area contributed by atoms with Crippen molar-refractivity contribution >= 4 is 16.0 Å². The molecule has 1 aromatic rings. The minimum atomic E-state index is -3.27. The van der Waals surface area contributed by atoms with E-state index in [0.29, 0.717) is 37.0 Å². The van der Waals surface area contributed by atoms with Crippen molar-refractivity contribution < 1.29 is 12.8 Å². The lowest BCUT2D eigenvalue weighted by Crippen LogP contribution is -2.42. The maximum Gasteiger partial charge on any atom is 0.213 e. The molecule has 8 heteroatoms. The van der Waals surface area contributed by atoms with Gasteiger partial charge in [-0.1, -0.05) is 24.6 Å². The smallest absolute Gasteiger partial charge is 0.213 e. The zero-order chi connectivity index (χ0) is 18.1. The van der Waals surface area contributed by atoms with Crippen LogP contribution in [0.2, 0.25) is 0 Å². The van der Waals surface area contributed by atoms with Crippen molar-refractivity contribution in [1.82, 2.24) is 15.4 Å². The molecule has 0 heterocycles. The Morgan fingerprint density at radius 1 is 1.24 bits per heavy atom. The van der Waals surface area contributed by atoms with Gasteiger partial charge in [0.25, 0.3) is 0 Å². The van der Waals surface area contributed by atoms with Crippen molar-refractivity contribution in [2.24, 2.45) is 10.9 Å². The normalized spacial score (nSPS) is 15.7. The zero-order valence-electron chi connectivity index (χ0n) is 14.6. The fraction of sp³-hybridized carbons (Fsp3) is 0.588. The molecule has 0 saturated heterocycles. The number of halogens is 1. The Morgan fingerprint density at radius 3 is 2.60 bits per heavy atom. The molecule has 1 saturated carbocycles. The minimum absolute atomic E-state index is 0.00622. The first-order valence-electron chi connectivity index (χ1n) is 8.65. The lowest BCUT2D eigenvalue weighted by atomic mass is 9.86. The van der Waals surface area contributed by atoms with E-state index in [2.05, 4.69) is 20.3 Å². The van der Waals surface area contributed by atoms with Gasteiger partial charge in [0, 0.05) is 26.7 Å². The monoisotopic (exact) mass is 370 g/mol. The molecule has 2 rings (SSSR count). The zero-order valence-corrected chi connectivity index (χ0v) is 15.4. The molecule has 0 atom stereocenters. The third-order valence-electron chi connectivity index (χ3n) is 4.35. The number of nitrogens with zero attached hydrogens (tertiary/aromatic N) is 1. The van der Waals surface area contributed by atoms with E-state index in [1.54, 1.807) is 25.2 Å². The lowest BCUT2D eigenvalue weighted by Gasteiger charge is -2.25. The Kier molecular flexibility index (Phi) is 7.64. The largest absolute Gasteiger partial charge is 0.356 e. The molecule has 1 fully saturated rings. The van der Waals surface area contributed by atoms with E-state index in [0.717, 1.165) is 12.8 Å². The predicted molar refractivity (Wildman–Crippen MR) is 98.6 cm³/mol. The van der Waals surface area contributed by atoms with Gasteiger partial charge in [-0.2, -0.15) is 0 Å². The Labute approximate surface area is 149 Å². The van der Waals surface area contributed by atoms with Crippen LogP contribution in [0, 0.1) is 11.7 Å². The SMILES string of the molecule is CN=C(NCCc1ccccc1F)NCCS(=O)(=O)NCC1CCC1. The molecular formula is C17H27FN4O2S. The third kappa shape index (κ3) is 6.99. The molecule has 140 valence electrons. The molecule has 3 N–H and O–H groups in total. The Balaban J connectivity index is 1.65. The van der Waals surface area contributed by atoms with E-state index in [9.17, 15) is 12.8 Å². The van der Waals surface area contributed by atoms with E-state index < -0.39 is 10.0 Å². The molecule has 1 aliphatic rings. The van der Waals surface area contributed by atoms with Crippen LogP contribution in [0.4, 0.5) is 4.39 Å². The van der Waals surface area contributed by atoms with Gasteiger partial charge >= 0.3 is 0 Å². The van der Waals surface area contributed by atoms with E-state index in [1.807, 2.05) is 0 Å². The number of hydrogen-bond acceptors (Lipinski definition) is 3. The summed E-state index contributed by atoms with van der Waals surface area (Å²) in [6.45, 7) is 1.31. The first-order chi connectivity index (χ1) is 12.0. The van der Waals surface area contributed by atoms with Crippen LogP contribution in [0.5, 0.6) is 0 Å². The van der Waals surface area contributed by atoms with Crippen LogP contribution in [-0.2, 0) is 16.4 Å². The molecule has 0 unspecified atom stereocenters. The summed E-state index contributed by atoms with van der Waals surface area (Å²) in [4.78, 5) is 4.04. The van der Waals surface area contributed by atoms with Gasteiger partial charge in [-0.25, -0.2) is 17.5 Å². The Hall–Kier alpha value is -1.67. The topological polar surface area (TPSA) is 82.6 Å². The summed E-state index contributed by atoms with van der Waals surface area (Å²) < 4.78 is 40.1.